The van der Waals surface area contributed by atoms with Crippen LogP contribution in [-0.4, -0.2) is 61.5 Å². The third kappa shape index (κ3) is 4.87. The third-order valence-electron chi connectivity index (χ3n) is 6.52. The first-order valence-electron chi connectivity index (χ1n) is 10.9. The van der Waals surface area contributed by atoms with Crippen molar-refractivity contribution in [3.8, 4) is 11.5 Å². The first-order chi connectivity index (χ1) is 15.1. The van der Waals surface area contributed by atoms with Crippen LogP contribution in [0.1, 0.15) is 30.4 Å². The number of benzene rings is 1. The summed E-state index contributed by atoms with van der Waals surface area (Å²) < 4.78 is 10.7. The van der Waals surface area contributed by atoms with Crippen molar-refractivity contribution in [2.24, 2.45) is 5.92 Å². The van der Waals surface area contributed by atoms with E-state index in [1.54, 1.807) is 25.6 Å². The quantitative estimate of drug-likeness (QED) is 0.660. The molecule has 2 aromatic rings. The second kappa shape index (κ2) is 9.73. The van der Waals surface area contributed by atoms with Crippen LogP contribution in [0.5, 0.6) is 11.5 Å². The number of amides is 2. The molecule has 0 radical (unpaired) electrons. The molecule has 2 amide bonds. The van der Waals surface area contributed by atoms with Crippen LogP contribution in [0.3, 0.4) is 0 Å². The van der Waals surface area contributed by atoms with E-state index in [0.717, 1.165) is 43.5 Å². The van der Waals surface area contributed by atoms with E-state index >= 15 is 0 Å². The minimum atomic E-state index is 0.200. The lowest BCUT2D eigenvalue weighted by Gasteiger charge is -2.47. The lowest BCUT2D eigenvalue weighted by molar-refractivity contribution is -0.143. The van der Waals surface area contributed by atoms with Crippen LogP contribution in [0.15, 0.2) is 35.0 Å². The van der Waals surface area contributed by atoms with Gasteiger partial charge < -0.3 is 19.3 Å². The van der Waals surface area contributed by atoms with Crippen molar-refractivity contribution < 1.29 is 19.1 Å². The van der Waals surface area contributed by atoms with Gasteiger partial charge in [-0.1, -0.05) is 6.07 Å². The summed E-state index contributed by atoms with van der Waals surface area (Å²) in [5.41, 5.74) is 2.21. The lowest BCUT2D eigenvalue weighted by atomic mass is 9.83. The number of likely N-dealkylation sites (tertiary alicyclic amines) is 2. The van der Waals surface area contributed by atoms with E-state index < -0.39 is 0 Å². The molecule has 1 aromatic heterocycles. The van der Waals surface area contributed by atoms with Gasteiger partial charge in [0.15, 0.2) is 11.5 Å². The van der Waals surface area contributed by atoms with Crippen molar-refractivity contribution in [3.63, 3.8) is 0 Å². The Morgan fingerprint density at radius 2 is 1.97 bits per heavy atom. The molecule has 2 saturated heterocycles. The summed E-state index contributed by atoms with van der Waals surface area (Å²) in [5.74, 6) is 2.22. The largest absolute Gasteiger partial charge is 0.493 e. The van der Waals surface area contributed by atoms with E-state index in [2.05, 4.69) is 4.90 Å². The number of hydrogen-bond acceptors (Lipinski definition) is 5. The Morgan fingerprint density at radius 3 is 2.71 bits per heavy atom. The zero-order chi connectivity index (χ0) is 21.8. The molecule has 0 aliphatic carbocycles. The molecule has 31 heavy (non-hydrogen) atoms. The van der Waals surface area contributed by atoms with E-state index in [9.17, 15) is 9.59 Å². The Morgan fingerprint density at radius 1 is 1.13 bits per heavy atom. The minimum Gasteiger partial charge on any atom is -0.493 e. The molecule has 0 bridgehead atoms. The summed E-state index contributed by atoms with van der Waals surface area (Å²) in [6.07, 6.45) is 3.55. The highest BCUT2D eigenvalue weighted by molar-refractivity contribution is 7.08. The van der Waals surface area contributed by atoms with Gasteiger partial charge in [-0.3, -0.25) is 9.59 Å². The molecule has 0 unspecified atom stereocenters. The SMILES string of the molecule is COc1ccc(CCN2C(=O)CC[C@H]3CN(C(=O)Cc4ccsc4)CC[C@H]32)cc1OC. The normalized spacial score (nSPS) is 21.0. The first kappa shape index (κ1) is 21.7. The summed E-state index contributed by atoms with van der Waals surface area (Å²) in [4.78, 5) is 29.5. The number of hydrogen-bond donors (Lipinski definition) is 0. The fourth-order valence-electron chi connectivity index (χ4n) is 4.83. The van der Waals surface area contributed by atoms with E-state index in [0.29, 0.717) is 36.8 Å². The minimum absolute atomic E-state index is 0.200. The van der Waals surface area contributed by atoms with Gasteiger partial charge in [-0.25, -0.2) is 0 Å². The van der Waals surface area contributed by atoms with E-state index in [4.69, 9.17) is 9.47 Å². The molecule has 6 nitrogen and oxygen atoms in total. The average Bonchev–Trinajstić information content (AvgIpc) is 3.30. The van der Waals surface area contributed by atoms with E-state index in [1.165, 1.54) is 0 Å². The molecule has 2 fully saturated rings. The number of carbonyl (C=O) groups is 2. The summed E-state index contributed by atoms with van der Waals surface area (Å²) in [6, 6.07) is 8.17. The number of fused-ring (bicyclic) bond motifs is 1. The van der Waals surface area contributed by atoms with Crippen LogP contribution in [0.25, 0.3) is 0 Å². The van der Waals surface area contributed by atoms with Crippen molar-refractivity contribution in [1.29, 1.82) is 0 Å². The molecule has 4 rings (SSSR count). The number of thiophene rings is 1. The van der Waals surface area contributed by atoms with Crippen LogP contribution >= 0.6 is 11.3 Å². The molecule has 0 spiro atoms. The molecule has 166 valence electrons. The number of methoxy groups -OCH3 is 2. The van der Waals surface area contributed by atoms with Crippen LogP contribution in [0.2, 0.25) is 0 Å². The van der Waals surface area contributed by atoms with Crippen molar-refractivity contribution in [2.75, 3.05) is 33.9 Å². The van der Waals surface area contributed by atoms with Gasteiger partial charge in [0.25, 0.3) is 0 Å². The number of carbonyl (C=O) groups excluding carboxylic acids is 2. The highest BCUT2D eigenvalue weighted by Crippen LogP contribution is 2.32. The highest BCUT2D eigenvalue weighted by Gasteiger charge is 2.40. The summed E-state index contributed by atoms with van der Waals surface area (Å²) >= 11 is 1.63. The Bertz CT molecular complexity index is 914. The van der Waals surface area contributed by atoms with Gasteiger partial charge in [-0.15, -0.1) is 0 Å². The van der Waals surface area contributed by atoms with Gasteiger partial charge in [0.1, 0.15) is 0 Å². The predicted molar refractivity (Wildman–Crippen MR) is 121 cm³/mol. The molecule has 7 heteroatoms. The van der Waals surface area contributed by atoms with Gasteiger partial charge in [-0.2, -0.15) is 11.3 Å². The zero-order valence-electron chi connectivity index (χ0n) is 18.2. The zero-order valence-corrected chi connectivity index (χ0v) is 19.0. The van der Waals surface area contributed by atoms with Gasteiger partial charge in [0, 0.05) is 32.1 Å². The maximum Gasteiger partial charge on any atom is 0.227 e. The standard InChI is InChI=1S/C24H30N2O4S/c1-29-21-5-3-17(13-22(21)30-2)7-11-26-20-8-10-25(15-19(20)4-6-23(26)27)24(28)14-18-9-12-31-16-18/h3,5,9,12-13,16,19-20H,4,6-8,10-11,14-15H2,1-2H3/t19-,20+/m0/s1. The number of piperidine rings is 2. The topological polar surface area (TPSA) is 59.1 Å². The smallest absolute Gasteiger partial charge is 0.227 e. The fraction of sp³-hybridized carbons (Fsp3) is 0.500. The second-order valence-electron chi connectivity index (χ2n) is 8.33. The van der Waals surface area contributed by atoms with Gasteiger partial charge in [0.2, 0.25) is 11.8 Å². The Kier molecular flexibility index (Phi) is 6.80. The van der Waals surface area contributed by atoms with Crippen molar-refractivity contribution in [1.82, 2.24) is 9.80 Å². The molecular formula is C24H30N2O4S. The maximum absolute atomic E-state index is 12.7. The van der Waals surface area contributed by atoms with Gasteiger partial charge in [0.05, 0.1) is 20.6 Å². The molecule has 1 aromatic carbocycles. The monoisotopic (exact) mass is 442 g/mol. The fourth-order valence-corrected chi connectivity index (χ4v) is 5.50. The number of nitrogens with zero attached hydrogens (tertiary/aromatic N) is 2. The van der Waals surface area contributed by atoms with E-state index in [1.807, 2.05) is 39.9 Å². The second-order valence-corrected chi connectivity index (χ2v) is 9.11. The average molecular weight is 443 g/mol. The third-order valence-corrected chi connectivity index (χ3v) is 7.25. The molecule has 2 aliphatic heterocycles. The Labute approximate surface area is 187 Å². The lowest BCUT2D eigenvalue weighted by Crippen LogP contribution is -2.57. The Hall–Kier alpha value is -2.54. The highest BCUT2D eigenvalue weighted by atomic mass is 32.1. The summed E-state index contributed by atoms with van der Waals surface area (Å²) in [7, 11) is 3.26. The summed E-state index contributed by atoms with van der Waals surface area (Å²) in [5, 5.41) is 4.05. The van der Waals surface area contributed by atoms with Crippen molar-refractivity contribution in [3.05, 3.63) is 46.2 Å². The number of rotatable bonds is 7. The Balaban J connectivity index is 1.37. The first-order valence-corrected chi connectivity index (χ1v) is 11.8. The van der Waals surface area contributed by atoms with Crippen LogP contribution < -0.4 is 9.47 Å². The van der Waals surface area contributed by atoms with Gasteiger partial charge in [-0.05, 0) is 65.3 Å². The van der Waals surface area contributed by atoms with Crippen LogP contribution in [0.4, 0.5) is 0 Å². The molecule has 2 aliphatic rings. The van der Waals surface area contributed by atoms with Crippen LogP contribution in [-0.2, 0) is 22.4 Å². The molecule has 3 heterocycles. The predicted octanol–water partition coefficient (Wildman–Crippen LogP) is 3.39. The van der Waals surface area contributed by atoms with E-state index in [-0.39, 0.29) is 17.9 Å². The molecule has 0 N–H and O–H groups in total. The molecule has 2 atom stereocenters. The summed E-state index contributed by atoms with van der Waals surface area (Å²) in [6.45, 7) is 2.18. The van der Waals surface area contributed by atoms with Crippen molar-refractivity contribution >= 4 is 23.2 Å². The maximum atomic E-state index is 12.7. The van der Waals surface area contributed by atoms with Crippen molar-refractivity contribution in [2.45, 2.75) is 38.1 Å². The number of ether oxygens (including phenoxy) is 2. The molecule has 0 saturated carbocycles. The van der Waals surface area contributed by atoms with Gasteiger partial charge >= 0.3 is 0 Å². The van der Waals surface area contributed by atoms with Crippen LogP contribution in [0, 0.1) is 5.92 Å². The molecular weight excluding hydrogens is 412 g/mol.